The monoisotopic (exact) mass is 492 g/mol. The predicted octanol–water partition coefficient (Wildman–Crippen LogP) is 3.89. The largest absolute Gasteiger partial charge is 0.465 e. The number of aliphatic hydroxyl groups excluding tert-OH is 1. The first kappa shape index (κ1) is 27.1. The van der Waals surface area contributed by atoms with E-state index in [1.54, 1.807) is 11.1 Å². The average Bonchev–Trinajstić information content (AvgIpc) is 3.02. The highest BCUT2D eigenvalue weighted by atomic mass is 16.5. The van der Waals surface area contributed by atoms with Crippen molar-refractivity contribution >= 4 is 29.5 Å². The Bertz CT molecular complexity index is 1120. The minimum Gasteiger partial charge on any atom is -0.465 e. The molecule has 0 spiro atoms. The fourth-order valence-corrected chi connectivity index (χ4v) is 3.92. The third-order valence-electron chi connectivity index (χ3n) is 5.70. The number of amides is 1. The van der Waals surface area contributed by atoms with Crippen molar-refractivity contribution in [3.8, 4) is 11.1 Å². The first-order chi connectivity index (χ1) is 17.3. The zero-order valence-corrected chi connectivity index (χ0v) is 21.4. The Kier molecular flexibility index (Phi) is 9.76. The fourth-order valence-electron chi connectivity index (χ4n) is 3.92. The van der Waals surface area contributed by atoms with Crippen molar-refractivity contribution in [2.45, 2.75) is 46.5 Å². The van der Waals surface area contributed by atoms with Gasteiger partial charge in [0.15, 0.2) is 0 Å². The van der Waals surface area contributed by atoms with E-state index >= 15 is 0 Å². The van der Waals surface area contributed by atoms with Crippen molar-refractivity contribution in [2.75, 3.05) is 26.3 Å². The summed E-state index contributed by atoms with van der Waals surface area (Å²) in [6.45, 7) is 7.57. The van der Waals surface area contributed by atoms with E-state index in [0.717, 1.165) is 23.1 Å². The summed E-state index contributed by atoms with van der Waals surface area (Å²) in [5, 5.41) is 9.19. The van der Waals surface area contributed by atoms with Crippen LogP contribution in [0.1, 0.15) is 51.3 Å². The number of benzene rings is 1. The standard InChI is InChI=1S/C28H36N4O4/c1-4-10-32(11-5-12-33)28(35)23-13-21-7-6-20(14-25(21)31-26(29)15-23)22-8-9-24(30-17-22)16-27(34)36-18-19(2)3/h6-9,13-14,17,19,33H,4-5,10-12,15-16,18H2,1-3H3,(H2,29,31). The highest BCUT2D eigenvalue weighted by Crippen LogP contribution is 2.32. The van der Waals surface area contributed by atoms with Crippen LogP contribution < -0.4 is 5.73 Å². The Hall–Kier alpha value is -3.52. The zero-order chi connectivity index (χ0) is 26.1. The molecular weight excluding hydrogens is 456 g/mol. The third kappa shape index (κ3) is 7.49. The summed E-state index contributed by atoms with van der Waals surface area (Å²) in [5.41, 5.74) is 10.7. The molecule has 8 nitrogen and oxygen atoms in total. The van der Waals surface area contributed by atoms with Crippen LogP contribution in [0.3, 0.4) is 0 Å². The van der Waals surface area contributed by atoms with E-state index in [9.17, 15) is 14.7 Å². The highest BCUT2D eigenvalue weighted by molar-refractivity contribution is 6.05. The summed E-state index contributed by atoms with van der Waals surface area (Å²) < 4.78 is 5.23. The number of amidine groups is 1. The Morgan fingerprint density at radius 2 is 1.94 bits per heavy atom. The number of esters is 1. The second-order valence-electron chi connectivity index (χ2n) is 9.38. The van der Waals surface area contributed by atoms with E-state index in [-0.39, 0.29) is 31.3 Å². The molecule has 192 valence electrons. The van der Waals surface area contributed by atoms with Crippen LogP contribution in [0.4, 0.5) is 5.69 Å². The topological polar surface area (TPSA) is 118 Å². The number of hydrogen-bond acceptors (Lipinski definition) is 7. The Morgan fingerprint density at radius 3 is 2.61 bits per heavy atom. The van der Waals surface area contributed by atoms with E-state index in [0.29, 0.717) is 54.8 Å². The van der Waals surface area contributed by atoms with Gasteiger partial charge in [-0.15, -0.1) is 0 Å². The fraction of sp³-hybridized carbons (Fsp3) is 0.429. The normalized spacial score (nSPS) is 12.9. The number of carbonyl (C=O) groups is 2. The second-order valence-corrected chi connectivity index (χ2v) is 9.38. The maximum absolute atomic E-state index is 13.2. The van der Waals surface area contributed by atoms with Gasteiger partial charge in [-0.25, -0.2) is 4.99 Å². The number of nitrogens with zero attached hydrogens (tertiary/aromatic N) is 3. The van der Waals surface area contributed by atoms with Crippen molar-refractivity contribution in [2.24, 2.45) is 16.6 Å². The first-order valence-corrected chi connectivity index (χ1v) is 12.5. The van der Waals surface area contributed by atoms with Gasteiger partial charge in [0.25, 0.3) is 0 Å². The van der Waals surface area contributed by atoms with E-state index in [2.05, 4.69) is 9.98 Å². The Labute approximate surface area is 212 Å². The molecule has 1 aromatic carbocycles. The van der Waals surface area contributed by atoms with Gasteiger partial charge in [0.2, 0.25) is 5.91 Å². The van der Waals surface area contributed by atoms with Crippen molar-refractivity contribution in [1.82, 2.24) is 9.88 Å². The molecule has 8 heteroatoms. The molecule has 1 aliphatic rings. The predicted molar refractivity (Wildman–Crippen MR) is 142 cm³/mol. The molecule has 1 aliphatic heterocycles. The van der Waals surface area contributed by atoms with Gasteiger partial charge >= 0.3 is 5.97 Å². The average molecular weight is 493 g/mol. The van der Waals surface area contributed by atoms with Gasteiger partial charge in [-0.1, -0.05) is 39.0 Å². The molecular formula is C28H36N4O4. The number of aliphatic imine (C=N–C) groups is 1. The van der Waals surface area contributed by atoms with E-state index in [1.165, 1.54) is 0 Å². The Balaban J connectivity index is 1.79. The quantitative estimate of drug-likeness (QED) is 0.460. The van der Waals surface area contributed by atoms with Crippen LogP contribution in [0.2, 0.25) is 0 Å². The molecule has 0 bridgehead atoms. The number of hydrogen-bond donors (Lipinski definition) is 2. The maximum Gasteiger partial charge on any atom is 0.311 e. The number of pyridine rings is 1. The van der Waals surface area contributed by atoms with Gasteiger partial charge in [-0.2, -0.15) is 0 Å². The number of ether oxygens (including phenoxy) is 1. The molecule has 3 rings (SSSR count). The SMILES string of the molecule is CCCN(CCCO)C(=O)C1=Cc2ccc(-c3ccc(CC(=O)OCC(C)C)nc3)cc2N=C(N)C1. The van der Waals surface area contributed by atoms with E-state index in [1.807, 2.05) is 57.2 Å². The highest BCUT2D eigenvalue weighted by Gasteiger charge is 2.21. The van der Waals surface area contributed by atoms with E-state index < -0.39 is 0 Å². The van der Waals surface area contributed by atoms with Crippen LogP contribution in [-0.2, 0) is 20.7 Å². The minimum absolute atomic E-state index is 0.0415. The number of fused-ring (bicyclic) bond motifs is 1. The first-order valence-electron chi connectivity index (χ1n) is 12.5. The molecule has 0 radical (unpaired) electrons. The summed E-state index contributed by atoms with van der Waals surface area (Å²) in [6, 6.07) is 9.54. The second kappa shape index (κ2) is 13.0. The van der Waals surface area contributed by atoms with Gasteiger partial charge in [-0.3, -0.25) is 14.6 Å². The van der Waals surface area contributed by atoms with Crippen molar-refractivity contribution in [1.29, 1.82) is 0 Å². The van der Waals surface area contributed by atoms with Crippen LogP contribution in [0.5, 0.6) is 0 Å². The minimum atomic E-state index is -0.287. The molecule has 0 saturated carbocycles. The zero-order valence-electron chi connectivity index (χ0n) is 21.4. The lowest BCUT2D eigenvalue weighted by Crippen LogP contribution is -2.35. The summed E-state index contributed by atoms with van der Waals surface area (Å²) in [5.74, 6) is 0.300. The van der Waals surface area contributed by atoms with E-state index in [4.69, 9.17) is 10.5 Å². The third-order valence-corrected chi connectivity index (χ3v) is 5.70. The molecule has 0 atom stereocenters. The number of carbonyl (C=O) groups excluding carboxylic acids is 2. The molecule has 1 amide bonds. The van der Waals surface area contributed by atoms with Gasteiger partial charge in [0.05, 0.1) is 24.4 Å². The summed E-state index contributed by atoms with van der Waals surface area (Å²) >= 11 is 0. The molecule has 2 aromatic rings. The molecule has 0 fully saturated rings. The molecule has 0 saturated heterocycles. The Morgan fingerprint density at radius 1 is 1.17 bits per heavy atom. The van der Waals surface area contributed by atoms with Gasteiger partial charge < -0.3 is 20.5 Å². The molecule has 1 aromatic heterocycles. The molecule has 0 aliphatic carbocycles. The number of aliphatic hydroxyl groups is 1. The number of aromatic nitrogens is 1. The van der Waals surface area contributed by atoms with Crippen LogP contribution in [0, 0.1) is 5.92 Å². The molecule has 36 heavy (non-hydrogen) atoms. The van der Waals surface area contributed by atoms with Crippen molar-refractivity contribution in [3.05, 3.63) is 53.4 Å². The summed E-state index contributed by atoms with van der Waals surface area (Å²) in [7, 11) is 0. The van der Waals surface area contributed by atoms with Gasteiger partial charge in [0.1, 0.15) is 5.84 Å². The van der Waals surface area contributed by atoms with Gasteiger partial charge in [-0.05, 0) is 42.5 Å². The lowest BCUT2D eigenvalue weighted by atomic mass is 10.0. The number of nitrogens with two attached hydrogens (primary N) is 1. The van der Waals surface area contributed by atoms with Crippen LogP contribution in [-0.4, -0.2) is 59.0 Å². The van der Waals surface area contributed by atoms with Crippen molar-refractivity contribution in [3.63, 3.8) is 0 Å². The summed E-state index contributed by atoms with van der Waals surface area (Å²) in [4.78, 5) is 35.9. The lowest BCUT2D eigenvalue weighted by molar-refractivity contribution is -0.144. The van der Waals surface area contributed by atoms with Crippen LogP contribution in [0.15, 0.2) is 47.1 Å². The van der Waals surface area contributed by atoms with Gasteiger partial charge in [0, 0.05) is 49.0 Å². The smallest absolute Gasteiger partial charge is 0.311 e. The number of rotatable bonds is 11. The van der Waals surface area contributed by atoms with Crippen LogP contribution >= 0.6 is 0 Å². The van der Waals surface area contributed by atoms with Crippen molar-refractivity contribution < 1.29 is 19.4 Å². The van der Waals surface area contributed by atoms with Crippen LogP contribution in [0.25, 0.3) is 17.2 Å². The summed E-state index contributed by atoms with van der Waals surface area (Å²) in [6.07, 6.45) is 5.36. The molecule has 3 N–H and O–H groups in total. The molecule has 2 heterocycles. The lowest BCUT2D eigenvalue weighted by Gasteiger charge is -2.23. The molecule has 0 unspecified atom stereocenters. The maximum atomic E-state index is 13.2.